The highest BCUT2D eigenvalue weighted by molar-refractivity contribution is 6.11. The maximum atomic E-state index is 6.87. The Hall–Kier alpha value is -4.82. The molecule has 0 spiro atoms. The maximum absolute atomic E-state index is 6.87. The summed E-state index contributed by atoms with van der Waals surface area (Å²) in [7, 11) is 0. The van der Waals surface area contributed by atoms with Gasteiger partial charge < -0.3 is 8.83 Å². The van der Waals surface area contributed by atoms with Gasteiger partial charge >= 0.3 is 0 Å². The van der Waals surface area contributed by atoms with Crippen LogP contribution in [-0.4, -0.2) is 0 Å². The summed E-state index contributed by atoms with van der Waals surface area (Å²) in [5.74, 6) is 2.51. The SMILES string of the molecule is c1ccc(-c2ccccc2-c2oc(-c3c(-c4ccccc4)oc4ccccc34)c3ccccc23)cc1. The van der Waals surface area contributed by atoms with Gasteiger partial charge in [-0.2, -0.15) is 0 Å². The van der Waals surface area contributed by atoms with Gasteiger partial charge in [0.2, 0.25) is 0 Å². The molecule has 36 heavy (non-hydrogen) atoms. The quantitative estimate of drug-likeness (QED) is 0.260. The largest absolute Gasteiger partial charge is 0.455 e. The number of hydrogen-bond donors (Lipinski definition) is 0. The second kappa shape index (κ2) is 8.44. The van der Waals surface area contributed by atoms with Crippen LogP contribution in [0, 0.1) is 0 Å². The van der Waals surface area contributed by atoms with E-state index < -0.39 is 0 Å². The molecular weight excluding hydrogens is 440 g/mol. The van der Waals surface area contributed by atoms with Crippen molar-refractivity contribution in [3.05, 3.63) is 133 Å². The molecule has 0 bridgehead atoms. The fourth-order valence-corrected chi connectivity index (χ4v) is 5.09. The van der Waals surface area contributed by atoms with Crippen LogP contribution in [0.3, 0.4) is 0 Å². The van der Waals surface area contributed by atoms with Gasteiger partial charge in [0.05, 0.1) is 5.56 Å². The standard InChI is InChI=1S/C34H22O2/c1-3-13-23(14-4-1)25-17-7-8-18-26(25)33-27-19-9-10-20-28(27)34(36-33)31-29-21-11-12-22-30(29)35-32(31)24-15-5-2-6-16-24/h1-22H. The molecule has 0 saturated carbocycles. The molecule has 0 unspecified atom stereocenters. The molecule has 2 nitrogen and oxygen atoms in total. The Morgan fingerprint density at radius 1 is 0.333 bits per heavy atom. The van der Waals surface area contributed by atoms with Crippen LogP contribution in [-0.2, 0) is 0 Å². The van der Waals surface area contributed by atoms with E-state index in [1.807, 2.05) is 42.5 Å². The molecule has 0 aliphatic carbocycles. The summed E-state index contributed by atoms with van der Waals surface area (Å²) in [6.45, 7) is 0. The van der Waals surface area contributed by atoms with Gasteiger partial charge in [0.25, 0.3) is 0 Å². The van der Waals surface area contributed by atoms with Gasteiger partial charge in [-0.15, -0.1) is 0 Å². The highest BCUT2D eigenvalue weighted by Gasteiger charge is 2.25. The van der Waals surface area contributed by atoms with Gasteiger partial charge in [0, 0.05) is 27.3 Å². The van der Waals surface area contributed by atoms with E-state index >= 15 is 0 Å². The highest BCUT2D eigenvalue weighted by atomic mass is 16.4. The van der Waals surface area contributed by atoms with Crippen molar-refractivity contribution in [2.45, 2.75) is 0 Å². The summed E-state index contributed by atoms with van der Waals surface area (Å²) in [5.41, 5.74) is 6.23. The summed E-state index contributed by atoms with van der Waals surface area (Å²) in [6.07, 6.45) is 0. The van der Waals surface area contributed by atoms with Crippen LogP contribution in [0.4, 0.5) is 0 Å². The number of rotatable bonds is 4. The summed E-state index contributed by atoms with van der Waals surface area (Å²) < 4.78 is 13.3. The third kappa shape index (κ3) is 3.27. The zero-order valence-corrected chi connectivity index (χ0v) is 19.5. The molecule has 170 valence electrons. The van der Waals surface area contributed by atoms with Gasteiger partial charge in [0.15, 0.2) is 0 Å². The Morgan fingerprint density at radius 3 is 1.58 bits per heavy atom. The normalized spacial score (nSPS) is 11.3. The van der Waals surface area contributed by atoms with Crippen LogP contribution in [0.25, 0.3) is 66.8 Å². The average molecular weight is 463 g/mol. The molecule has 0 atom stereocenters. The van der Waals surface area contributed by atoms with E-state index in [0.29, 0.717) is 0 Å². The van der Waals surface area contributed by atoms with E-state index in [-0.39, 0.29) is 0 Å². The lowest BCUT2D eigenvalue weighted by Gasteiger charge is -2.08. The Kier molecular flexibility index (Phi) is 4.82. The van der Waals surface area contributed by atoms with Crippen molar-refractivity contribution in [1.82, 2.24) is 0 Å². The fraction of sp³-hybridized carbons (Fsp3) is 0. The molecule has 0 saturated heterocycles. The summed E-state index contributed by atoms with van der Waals surface area (Å²) in [6, 6.07) is 45.8. The number of fused-ring (bicyclic) bond motifs is 2. The first kappa shape index (κ1) is 20.5. The minimum atomic E-state index is 0.819. The third-order valence-corrected chi connectivity index (χ3v) is 6.74. The molecule has 7 aromatic rings. The molecule has 2 heterocycles. The molecule has 0 aliphatic heterocycles. The van der Waals surface area contributed by atoms with Crippen molar-refractivity contribution < 1.29 is 8.83 Å². The number of benzene rings is 5. The molecule has 0 amide bonds. The predicted octanol–water partition coefficient (Wildman–Crippen LogP) is 9.85. The molecule has 7 rings (SSSR count). The van der Waals surface area contributed by atoms with Crippen molar-refractivity contribution in [3.8, 4) is 45.1 Å². The molecule has 5 aromatic carbocycles. The van der Waals surface area contributed by atoms with E-state index in [4.69, 9.17) is 8.83 Å². The lowest BCUT2D eigenvalue weighted by Crippen LogP contribution is -1.83. The molecule has 0 radical (unpaired) electrons. The number of hydrogen-bond acceptors (Lipinski definition) is 2. The molecule has 0 fully saturated rings. The zero-order chi connectivity index (χ0) is 23.9. The molecular formula is C34H22O2. The first-order chi connectivity index (χ1) is 17.9. The van der Waals surface area contributed by atoms with Crippen LogP contribution in [0.5, 0.6) is 0 Å². The van der Waals surface area contributed by atoms with E-state index in [1.165, 1.54) is 0 Å². The number of para-hydroxylation sites is 1. The van der Waals surface area contributed by atoms with Crippen molar-refractivity contribution in [2.24, 2.45) is 0 Å². The Labute approximate surface area is 209 Å². The first-order valence-corrected chi connectivity index (χ1v) is 12.1. The minimum Gasteiger partial charge on any atom is -0.455 e. The second-order valence-corrected chi connectivity index (χ2v) is 8.89. The summed E-state index contributed by atoms with van der Waals surface area (Å²) in [4.78, 5) is 0. The second-order valence-electron chi connectivity index (χ2n) is 8.89. The molecule has 0 N–H and O–H groups in total. The van der Waals surface area contributed by atoms with E-state index in [1.54, 1.807) is 0 Å². The lowest BCUT2D eigenvalue weighted by molar-refractivity contribution is 0.597. The Balaban J connectivity index is 1.54. The fourth-order valence-electron chi connectivity index (χ4n) is 5.09. The monoisotopic (exact) mass is 462 g/mol. The van der Waals surface area contributed by atoms with Crippen molar-refractivity contribution >= 4 is 21.7 Å². The topological polar surface area (TPSA) is 26.3 Å². The van der Waals surface area contributed by atoms with Gasteiger partial charge in [-0.05, 0) is 17.2 Å². The average Bonchev–Trinajstić information content (AvgIpc) is 3.53. The zero-order valence-electron chi connectivity index (χ0n) is 19.5. The smallest absolute Gasteiger partial charge is 0.147 e. The van der Waals surface area contributed by atoms with Gasteiger partial charge in [-0.3, -0.25) is 0 Å². The Morgan fingerprint density at radius 2 is 0.861 bits per heavy atom. The third-order valence-electron chi connectivity index (χ3n) is 6.74. The minimum absolute atomic E-state index is 0.819. The molecule has 2 aromatic heterocycles. The van der Waals surface area contributed by atoms with E-state index in [0.717, 1.165) is 66.8 Å². The van der Waals surface area contributed by atoms with Crippen LogP contribution < -0.4 is 0 Å². The van der Waals surface area contributed by atoms with E-state index in [9.17, 15) is 0 Å². The maximum Gasteiger partial charge on any atom is 0.147 e. The number of furan rings is 2. The Bertz CT molecular complexity index is 1820. The van der Waals surface area contributed by atoms with E-state index in [2.05, 4.69) is 91.0 Å². The molecule has 2 heteroatoms. The van der Waals surface area contributed by atoms with Crippen LogP contribution in [0.2, 0.25) is 0 Å². The summed E-state index contributed by atoms with van der Waals surface area (Å²) >= 11 is 0. The predicted molar refractivity (Wildman–Crippen MR) is 148 cm³/mol. The van der Waals surface area contributed by atoms with Gasteiger partial charge in [0.1, 0.15) is 22.9 Å². The van der Waals surface area contributed by atoms with Crippen LogP contribution in [0.1, 0.15) is 0 Å². The van der Waals surface area contributed by atoms with Crippen molar-refractivity contribution in [2.75, 3.05) is 0 Å². The van der Waals surface area contributed by atoms with Crippen LogP contribution >= 0.6 is 0 Å². The van der Waals surface area contributed by atoms with Crippen molar-refractivity contribution in [3.63, 3.8) is 0 Å². The van der Waals surface area contributed by atoms with Crippen LogP contribution in [0.15, 0.2) is 142 Å². The molecule has 0 aliphatic rings. The van der Waals surface area contributed by atoms with Gasteiger partial charge in [-0.1, -0.05) is 127 Å². The highest BCUT2D eigenvalue weighted by Crippen LogP contribution is 2.48. The lowest BCUT2D eigenvalue weighted by atomic mass is 9.96. The summed E-state index contributed by atoms with van der Waals surface area (Å²) in [5, 5.41) is 3.19. The van der Waals surface area contributed by atoms with Gasteiger partial charge in [-0.25, -0.2) is 0 Å². The first-order valence-electron chi connectivity index (χ1n) is 12.1. The van der Waals surface area contributed by atoms with Crippen molar-refractivity contribution in [1.29, 1.82) is 0 Å².